The molecule has 1 aromatic carbocycles. The van der Waals surface area contributed by atoms with Crippen LogP contribution in [0.5, 0.6) is 5.75 Å². The average molecular weight is 345 g/mol. The molecule has 0 radical (unpaired) electrons. The molecule has 2 heterocycles. The Morgan fingerprint density at radius 2 is 1.88 bits per heavy atom. The van der Waals surface area contributed by atoms with E-state index in [4.69, 9.17) is 9.15 Å². The molecule has 8 heteroatoms. The molecule has 1 atom stereocenters. The maximum absolute atomic E-state index is 5.78. The van der Waals surface area contributed by atoms with Crippen LogP contribution in [0.15, 0.2) is 33.8 Å². The third-order valence-corrected chi connectivity index (χ3v) is 4.39. The molecule has 126 valence electrons. The van der Waals surface area contributed by atoms with Crippen molar-refractivity contribution in [3.05, 3.63) is 36.0 Å². The lowest BCUT2D eigenvalue weighted by atomic mass is 10.2. The number of nitrogens with zero attached hydrogens (tertiary/aromatic N) is 4. The number of methoxy groups -OCH3 is 1. The van der Waals surface area contributed by atoms with Gasteiger partial charge in [0.15, 0.2) is 0 Å². The molecule has 0 bridgehead atoms. The molecule has 0 saturated heterocycles. The number of hydrogen-bond donors (Lipinski definition) is 1. The van der Waals surface area contributed by atoms with Gasteiger partial charge < -0.3 is 9.15 Å². The molecule has 0 amide bonds. The molecular weight excluding hydrogens is 326 g/mol. The largest absolute Gasteiger partial charge is 0.497 e. The van der Waals surface area contributed by atoms with Crippen LogP contribution in [0.3, 0.4) is 0 Å². The Morgan fingerprint density at radius 1 is 1.12 bits per heavy atom. The van der Waals surface area contributed by atoms with Gasteiger partial charge in [0, 0.05) is 11.5 Å². The van der Waals surface area contributed by atoms with Gasteiger partial charge in [0.1, 0.15) is 11.6 Å². The van der Waals surface area contributed by atoms with E-state index in [0.29, 0.717) is 22.9 Å². The van der Waals surface area contributed by atoms with Crippen LogP contribution in [-0.4, -0.2) is 32.5 Å². The van der Waals surface area contributed by atoms with Crippen molar-refractivity contribution >= 4 is 11.8 Å². The number of ether oxygens (including phenoxy) is 1. The second-order valence-electron chi connectivity index (χ2n) is 5.59. The summed E-state index contributed by atoms with van der Waals surface area (Å²) in [6.45, 7) is 6.12. The van der Waals surface area contributed by atoms with E-state index >= 15 is 0 Å². The fraction of sp³-hybridized carbons (Fsp3) is 0.375. The first kappa shape index (κ1) is 16.5. The third kappa shape index (κ3) is 3.59. The Bertz CT molecular complexity index is 797. The van der Waals surface area contributed by atoms with Gasteiger partial charge in [-0.25, -0.2) is 4.98 Å². The summed E-state index contributed by atoms with van der Waals surface area (Å²) < 4.78 is 10.9. The monoisotopic (exact) mass is 345 g/mol. The molecule has 0 aliphatic rings. The van der Waals surface area contributed by atoms with Crippen molar-refractivity contribution in [3.63, 3.8) is 0 Å². The van der Waals surface area contributed by atoms with Crippen molar-refractivity contribution in [1.82, 2.24) is 25.4 Å². The minimum absolute atomic E-state index is 0.0414. The summed E-state index contributed by atoms with van der Waals surface area (Å²) in [5.41, 5.74) is 0.853. The maximum atomic E-state index is 5.78. The van der Waals surface area contributed by atoms with Gasteiger partial charge in [0.05, 0.1) is 12.4 Å². The normalized spacial score (nSPS) is 12.5. The highest BCUT2D eigenvalue weighted by atomic mass is 32.2. The van der Waals surface area contributed by atoms with Gasteiger partial charge in [-0.05, 0) is 31.2 Å². The second kappa shape index (κ2) is 7.04. The van der Waals surface area contributed by atoms with Gasteiger partial charge in [-0.2, -0.15) is 0 Å². The van der Waals surface area contributed by atoms with Crippen LogP contribution in [0.25, 0.3) is 11.5 Å². The van der Waals surface area contributed by atoms with Gasteiger partial charge in [0.2, 0.25) is 16.9 Å². The zero-order chi connectivity index (χ0) is 17.1. The Labute approximate surface area is 144 Å². The van der Waals surface area contributed by atoms with E-state index in [1.165, 1.54) is 11.8 Å². The summed E-state index contributed by atoms with van der Waals surface area (Å²) in [5, 5.41) is 16.0. The highest BCUT2D eigenvalue weighted by Crippen LogP contribution is 2.33. The molecule has 7 nitrogen and oxygen atoms in total. The standard InChI is InChI=1S/C16H19N5O2S/c1-9(2)13-17-16(21-18-13)24-10(3)14-19-20-15(23-14)11-5-7-12(22-4)8-6-11/h5-10H,1-4H3,(H,17,18,21). The lowest BCUT2D eigenvalue weighted by Crippen LogP contribution is -1.91. The SMILES string of the molecule is COc1ccc(-c2nnc(C(C)Sc3n[nH]c(C(C)C)n3)o2)cc1. The van der Waals surface area contributed by atoms with Gasteiger partial charge in [-0.15, -0.1) is 15.3 Å². The van der Waals surface area contributed by atoms with Gasteiger partial charge >= 0.3 is 0 Å². The summed E-state index contributed by atoms with van der Waals surface area (Å²) in [7, 11) is 1.63. The summed E-state index contributed by atoms with van der Waals surface area (Å²) in [6.07, 6.45) is 0. The van der Waals surface area contributed by atoms with Crippen molar-refractivity contribution in [2.24, 2.45) is 0 Å². The lowest BCUT2D eigenvalue weighted by Gasteiger charge is -2.02. The van der Waals surface area contributed by atoms with Crippen LogP contribution in [0.4, 0.5) is 0 Å². The minimum atomic E-state index is -0.0414. The topological polar surface area (TPSA) is 89.7 Å². The summed E-state index contributed by atoms with van der Waals surface area (Å²) >= 11 is 1.48. The smallest absolute Gasteiger partial charge is 0.247 e. The number of H-pyrrole nitrogens is 1. The van der Waals surface area contributed by atoms with Crippen LogP contribution in [0.1, 0.15) is 43.7 Å². The van der Waals surface area contributed by atoms with Crippen LogP contribution < -0.4 is 4.74 Å². The number of thioether (sulfide) groups is 1. The zero-order valence-electron chi connectivity index (χ0n) is 14.0. The van der Waals surface area contributed by atoms with Crippen molar-refractivity contribution in [3.8, 4) is 17.2 Å². The second-order valence-corrected chi connectivity index (χ2v) is 6.90. The highest BCUT2D eigenvalue weighted by Gasteiger charge is 2.19. The summed E-state index contributed by atoms with van der Waals surface area (Å²) in [4.78, 5) is 4.45. The fourth-order valence-electron chi connectivity index (χ4n) is 2.03. The number of benzene rings is 1. The van der Waals surface area contributed by atoms with E-state index < -0.39 is 0 Å². The fourth-order valence-corrected chi connectivity index (χ4v) is 2.79. The van der Waals surface area contributed by atoms with Crippen molar-refractivity contribution in [2.75, 3.05) is 7.11 Å². The first-order chi connectivity index (χ1) is 11.6. The van der Waals surface area contributed by atoms with E-state index in [9.17, 15) is 0 Å². The highest BCUT2D eigenvalue weighted by molar-refractivity contribution is 7.99. The molecule has 1 N–H and O–H groups in total. The minimum Gasteiger partial charge on any atom is -0.497 e. The van der Waals surface area contributed by atoms with Gasteiger partial charge in [-0.3, -0.25) is 5.10 Å². The van der Waals surface area contributed by atoms with Crippen LogP contribution in [0, 0.1) is 0 Å². The maximum Gasteiger partial charge on any atom is 0.247 e. The predicted octanol–water partition coefficient (Wildman–Crippen LogP) is 3.84. The van der Waals surface area contributed by atoms with Gasteiger partial charge in [0.25, 0.3) is 0 Å². The van der Waals surface area contributed by atoms with E-state index in [2.05, 4.69) is 39.2 Å². The van der Waals surface area contributed by atoms with Crippen LogP contribution in [0.2, 0.25) is 0 Å². The van der Waals surface area contributed by atoms with E-state index in [0.717, 1.165) is 17.1 Å². The van der Waals surface area contributed by atoms with Crippen molar-refractivity contribution in [1.29, 1.82) is 0 Å². The molecule has 0 saturated carbocycles. The summed E-state index contributed by atoms with van der Waals surface area (Å²) in [6, 6.07) is 7.49. The Balaban J connectivity index is 1.71. The van der Waals surface area contributed by atoms with E-state index in [-0.39, 0.29) is 5.25 Å². The van der Waals surface area contributed by atoms with Crippen LogP contribution in [-0.2, 0) is 0 Å². The van der Waals surface area contributed by atoms with Crippen molar-refractivity contribution < 1.29 is 9.15 Å². The number of aromatic amines is 1. The van der Waals surface area contributed by atoms with E-state index in [1.807, 2.05) is 31.2 Å². The molecular formula is C16H19N5O2S. The lowest BCUT2D eigenvalue weighted by molar-refractivity contribution is 0.415. The summed E-state index contributed by atoms with van der Waals surface area (Å²) in [5.74, 6) is 2.99. The number of aromatic nitrogens is 5. The Kier molecular flexibility index (Phi) is 4.84. The third-order valence-electron chi connectivity index (χ3n) is 3.44. The Morgan fingerprint density at radius 3 is 2.50 bits per heavy atom. The van der Waals surface area contributed by atoms with Crippen molar-refractivity contribution in [2.45, 2.75) is 37.1 Å². The van der Waals surface area contributed by atoms with E-state index in [1.54, 1.807) is 7.11 Å². The number of nitrogens with one attached hydrogen (secondary N) is 1. The average Bonchev–Trinajstić information content (AvgIpc) is 3.24. The molecule has 0 aliphatic carbocycles. The quantitative estimate of drug-likeness (QED) is 0.679. The zero-order valence-corrected chi connectivity index (χ0v) is 14.8. The molecule has 1 unspecified atom stereocenters. The molecule has 0 fully saturated rings. The first-order valence-corrected chi connectivity index (χ1v) is 8.51. The van der Waals surface area contributed by atoms with Gasteiger partial charge in [-0.1, -0.05) is 25.6 Å². The molecule has 3 aromatic rings. The molecule has 2 aromatic heterocycles. The molecule has 0 aliphatic heterocycles. The van der Waals surface area contributed by atoms with Crippen LogP contribution >= 0.6 is 11.8 Å². The number of hydrogen-bond acceptors (Lipinski definition) is 7. The molecule has 0 spiro atoms. The predicted molar refractivity (Wildman–Crippen MR) is 91.0 cm³/mol. The Hall–Kier alpha value is -2.35. The number of rotatable bonds is 6. The first-order valence-electron chi connectivity index (χ1n) is 7.63. The molecule has 3 rings (SSSR count). The molecule has 24 heavy (non-hydrogen) atoms.